The van der Waals surface area contributed by atoms with Crippen molar-refractivity contribution in [1.82, 2.24) is 4.98 Å². The molecule has 4 rings (SSSR count). The number of hydrogen-bond acceptors (Lipinski definition) is 7. The minimum absolute atomic E-state index is 0.00492. The third-order valence-electron chi connectivity index (χ3n) is 6.54. The zero-order valence-corrected chi connectivity index (χ0v) is 23.2. The molecule has 8 heteroatoms. The van der Waals surface area contributed by atoms with Crippen molar-refractivity contribution in [3.63, 3.8) is 0 Å². The maximum Gasteiger partial charge on any atom is 0.345 e. The molecular formula is C31H35NO7. The number of carboxylic acids is 1. The molecule has 8 nitrogen and oxygen atoms in total. The Morgan fingerprint density at radius 1 is 0.897 bits per heavy atom. The Kier molecular flexibility index (Phi) is 8.33. The van der Waals surface area contributed by atoms with Crippen LogP contribution >= 0.6 is 0 Å². The van der Waals surface area contributed by atoms with Gasteiger partial charge in [0, 0.05) is 12.8 Å². The van der Waals surface area contributed by atoms with E-state index >= 15 is 0 Å². The van der Waals surface area contributed by atoms with Gasteiger partial charge in [0.15, 0.2) is 29.1 Å². The van der Waals surface area contributed by atoms with E-state index in [1.165, 1.54) is 0 Å². The fourth-order valence-electron chi connectivity index (χ4n) is 4.38. The summed E-state index contributed by atoms with van der Waals surface area (Å²) < 4.78 is 28.1. The Morgan fingerprint density at radius 2 is 1.56 bits per heavy atom. The van der Waals surface area contributed by atoms with E-state index in [4.69, 9.17) is 23.4 Å². The molecule has 0 saturated carbocycles. The van der Waals surface area contributed by atoms with Gasteiger partial charge in [0.2, 0.25) is 5.75 Å². The zero-order valence-electron chi connectivity index (χ0n) is 23.2. The predicted octanol–water partition coefficient (Wildman–Crippen LogP) is 6.01. The highest BCUT2D eigenvalue weighted by atomic mass is 16.5. The molecule has 0 spiro atoms. The van der Waals surface area contributed by atoms with Crippen LogP contribution in [0.15, 0.2) is 59.0 Å². The van der Waals surface area contributed by atoms with E-state index in [0.29, 0.717) is 52.8 Å². The van der Waals surface area contributed by atoms with Gasteiger partial charge >= 0.3 is 5.97 Å². The van der Waals surface area contributed by atoms with Gasteiger partial charge in [-0.2, -0.15) is 0 Å². The van der Waals surface area contributed by atoms with Crippen LogP contribution in [0.5, 0.6) is 23.0 Å². The van der Waals surface area contributed by atoms with E-state index < -0.39 is 12.1 Å². The highest BCUT2D eigenvalue weighted by molar-refractivity contribution is 5.75. The van der Waals surface area contributed by atoms with Gasteiger partial charge < -0.3 is 28.5 Å². The van der Waals surface area contributed by atoms with Gasteiger partial charge in [-0.15, -0.1) is 0 Å². The summed E-state index contributed by atoms with van der Waals surface area (Å²) in [5, 5.41) is 9.80. The van der Waals surface area contributed by atoms with Crippen LogP contribution in [0.3, 0.4) is 0 Å². The second-order valence-electron chi connectivity index (χ2n) is 10.4. The lowest BCUT2D eigenvalue weighted by atomic mass is 9.87. The lowest BCUT2D eigenvalue weighted by Crippen LogP contribution is -2.29. The highest BCUT2D eigenvalue weighted by Gasteiger charge is 2.22. The van der Waals surface area contributed by atoms with Crippen LogP contribution in [0.4, 0.5) is 0 Å². The van der Waals surface area contributed by atoms with Gasteiger partial charge in [-0.1, -0.05) is 39.0 Å². The van der Waals surface area contributed by atoms with Gasteiger partial charge in [0.05, 0.1) is 21.3 Å². The Bertz CT molecular complexity index is 1410. The van der Waals surface area contributed by atoms with Crippen molar-refractivity contribution in [3.8, 4) is 23.0 Å². The number of fused-ring (bicyclic) bond motifs is 1. The molecule has 0 aliphatic carbocycles. The van der Waals surface area contributed by atoms with Gasteiger partial charge in [-0.05, 0) is 64.9 Å². The monoisotopic (exact) mass is 533 g/mol. The molecule has 1 heterocycles. The Labute approximate surface area is 228 Å². The van der Waals surface area contributed by atoms with Gasteiger partial charge in [-0.25, -0.2) is 9.78 Å². The SMILES string of the molecule is COc1cc(CCc2nc3cc(C[C@H](Oc4ccc(C(C)(C)C)cc4)C(=O)O)ccc3o2)cc(OC)c1OC. The van der Waals surface area contributed by atoms with Crippen molar-refractivity contribution in [3.05, 3.63) is 77.2 Å². The second kappa shape index (κ2) is 11.7. The molecular weight excluding hydrogens is 498 g/mol. The number of oxazole rings is 1. The standard InChI is InChI=1S/C31H35NO7/c1-31(2,3)21-9-11-22(12-10-21)38-27(30(33)34)18-19-7-13-24-23(15-19)32-28(39-24)14-8-20-16-25(35-4)29(37-6)26(17-20)36-5/h7,9-13,15-17,27H,8,14,18H2,1-6H3,(H,33,34)/t27-/m0/s1. The largest absolute Gasteiger partial charge is 0.493 e. The topological polar surface area (TPSA) is 100 Å². The number of aryl methyl sites for hydroxylation is 2. The van der Waals surface area contributed by atoms with Crippen LogP contribution in [0.1, 0.15) is 43.4 Å². The van der Waals surface area contributed by atoms with E-state index in [1.54, 1.807) is 21.3 Å². The molecule has 0 amide bonds. The number of nitrogens with zero attached hydrogens (tertiary/aromatic N) is 1. The van der Waals surface area contributed by atoms with Crippen LogP contribution in [0.2, 0.25) is 0 Å². The van der Waals surface area contributed by atoms with Crippen molar-refractivity contribution in [2.45, 2.75) is 51.6 Å². The minimum atomic E-state index is -1.03. The summed E-state index contributed by atoms with van der Waals surface area (Å²) in [6, 6.07) is 16.9. The van der Waals surface area contributed by atoms with Crippen molar-refractivity contribution in [2.24, 2.45) is 0 Å². The second-order valence-corrected chi connectivity index (χ2v) is 10.4. The third-order valence-corrected chi connectivity index (χ3v) is 6.54. The molecule has 0 fully saturated rings. The van der Waals surface area contributed by atoms with Crippen molar-refractivity contribution in [1.29, 1.82) is 0 Å². The molecule has 0 bridgehead atoms. The van der Waals surface area contributed by atoms with Gasteiger partial charge in [0.1, 0.15) is 11.3 Å². The highest BCUT2D eigenvalue weighted by Crippen LogP contribution is 2.38. The summed E-state index contributed by atoms with van der Waals surface area (Å²) in [7, 11) is 4.74. The Morgan fingerprint density at radius 3 is 2.13 bits per heavy atom. The summed E-state index contributed by atoms with van der Waals surface area (Å²) >= 11 is 0. The van der Waals surface area contributed by atoms with E-state index in [1.807, 2.05) is 54.6 Å². The van der Waals surface area contributed by atoms with Crippen LogP contribution in [-0.4, -0.2) is 43.5 Å². The number of carbonyl (C=O) groups is 1. The molecule has 0 radical (unpaired) electrons. The van der Waals surface area contributed by atoms with E-state index in [-0.39, 0.29) is 11.8 Å². The summed E-state index contributed by atoms with van der Waals surface area (Å²) in [6.45, 7) is 6.38. The van der Waals surface area contributed by atoms with Crippen molar-refractivity contribution < 1.29 is 33.3 Å². The van der Waals surface area contributed by atoms with E-state index in [9.17, 15) is 9.90 Å². The minimum Gasteiger partial charge on any atom is -0.493 e. The first-order chi connectivity index (χ1) is 18.6. The number of aliphatic carboxylic acids is 1. The number of hydrogen-bond donors (Lipinski definition) is 1. The number of benzene rings is 3. The summed E-state index contributed by atoms with van der Waals surface area (Å²) in [5.41, 5.74) is 4.26. The zero-order chi connectivity index (χ0) is 28.2. The number of carboxylic acid groups (broad SMARTS) is 1. The first-order valence-corrected chi connectivity index (χ1v) is 12.8. The van der Waals surface area contributed by atoms with Crippen molar-refractivity contribution >= 4 is 17.1 Å². The van der Waals surface area contributed by atoms with Crippen molar-refractivity contribution in [2.75, 3.05) is 21.3 Å². The summed E-state index contributed by atoms with van der Waals surface area (Å²) in [6.07, 6.45) is 0.377. The fraction of sp³-hybridized carbons (Fsp3) is 0.355. The molecule has 0 saturated heterocycles. The van der Waals surface area contributed by atoms with Crippen LogP contribution in [0.25, 0.3) is 11.1 Å². The van der Waals surface area contributed by atoms with E-state index in [0.717, 1.165) is 16.7 Å². The average molecular weight is 534 g/mol. The number of ether oxygens (including phenoxy) is 4. The van der Waals surface area contributed by atoms with Gasteiger partial charge in [-0.3, -0.25) is 0 Å². The lowest BCUT2D eigenvalue weighted by Gasteiger charge is -2.20. The number of rotatable bonds is 11. The predicted molar refractivity (Wildman–Crippen MR) is 148 cm³/mol. The molecule has 1 N–H and O–H groups in total. The smallest absolute Gasteiger partial charge is 0.345 e. The molecule has 4 aromatic rings. The molecule has 0 aliphatic rings. The molecule has 1 aromatic heterocycles. The molecule has 3 aromatic carbocycles. The number of methoxy groups -OCH3 is 3. The van der Waals surface area contributed by atoms with E-state index in [2.05, 4.69) is 25.8 Å². The third kappa shape index (κ3) is 6.63. The maximum atomic E-state index is 12.0. The molecule has 0 aliphatic heterocycles. The Balaban J connectivity index is 1.46. The summed E-state index contributed by atoms with van der Waals surface area (Å²) in [5.74, 6) is 1.81. The van der Waals surface area contributed by atoms with Gasteiger partial charge in [0.25, 0.3) is 0 Å². The lowest BCUT2D eigenvalue weighted by molar-refractivity contribution is -0.145. The molecule has 1 atom stereocenters. The molecule has 39 heavy (non-hydrogen) atoms. The summed E-state index contributed by atoms with van der Waals surface area (Å²) in [4.78, 5) is 16.6. The molecule has 206 valence electrons. The van der Waals surface area contributed by atoms with Crippen LogP contribution < -0.4 is 18.9 Å². The first-order valence-electron chi connectivity index (χ1n) is 12.8. The quantitative estimate of drug-likeness (QED) is 0.250. The average Bonchev–Trinajstić information content (AvgIpc) is 3.32. The number of aromatic nitrogens is 1. The van der Waals surface area contributed by atoms with Crippen LogP contribution in [0, 0.1) is 0 Å². The molecule has 0 unspecified atom stereocenters. The maximum absolute atomic E-state index is 12.0. The fourth-order valence-corrected chi connectivity index (χ4v) is 4.38. The Hall–Kier alpha value is -4.20. The normalized spacial score (nSPS) is 12.3. The van der Waals surface area contributed by atoms with Crippen LogP contribution in [-0.2, 0) is 29.5 Å². The first kappa shape index (κ1) is 27.8.